The lowest BCUT2D eigenvalue weighted by Crippen LogP contribution is -2.15. The van der Waals surface area contributed by atoms with Gasteiger partial charge in [0.2, 0.25) is 0 Å². The Labute approximate surface area is 176 Å². The summed E-state index contributed by atoms with van der Waals surface area (Å²) in [7, 11) is 0. The number of pyridine rings is 1. The van der Waals surface area contributed by atoms with Crippen molar-refractivity contribution in [2.24, 2.45) is 0 Å². The van der Waals surface area contributed by atoms with E-state index >= 15 is 0 Å². The number of aromatic hydroxyl groups is 1. The second-order valence-electron chi connectivity index (χ2n) is 7.93. The van der Waals surface area contributed by atoms with Gasteiger partial charge in [-0.3, -0.25) is 0 Å². The van der Waals surface area contributed by atoms with Gasteiger partial charge < -0.3 is 10.4 Å². The molecule has 1 heterocycles. The Morgan fingerprint density at radius 3 is 2.17 bits per heavy atom. The average Bonchev–Trinajstić information content (AvgIpc) is 2.70. The van der Waals surface area contributed by atoms with E-state index in [0.29, 0.717) is 11.1 Å². The minimum Gasteiger partial charge on any atom is -0.505 e. The van der Waals surface area contributed by atoms with Crippen LogP contribution in [0.25, 0.3) is 10.9 Å². The molecule has 0 saturated carbocycles. The standard InChI is InChI=1S/C26H25FN2O/c1-15-13-16(2)23(17(3)14-15)29-24(19-7-10-21(27)11-8-19)22-12-9-20-6-5-18(4)28-25(20)26(22)30/h5-14,24,29-30H,1-4H3. The maximum atomic E-state index is 13.6. The molecule has 1 aromatic heterocycles. The number of anilines is 1. The van der Waals surface area contributed by atoms with Crippen molar-refractivity contribution in [1.82, 2.24) is 4.98 Å². The molecule has 4 heteroatoms. The predicted molar refractivity (Wildman–Crippen MR) is 121 cm³/mol. The van der Waals surface area contributed by atoms with E-state index in [-0.39, 0.29) is 17.6 Å². The molecule has 0 bridgehead atoms. The fraction of sp³-hybridized carbons (Fsp3) is 0.192. The van der Waals surface area contributed by atoms with Crippen LogP contribution in [0.1, 0.15) is 39.6 Å². The third kappa shape index (κ3) is 3.73. The number of benzene rings is 3. The molecule has 0 saturated heterocycles. The maximum Gasteiger partial charge on any atom is 0.147 e. The molecular weight excluding hydrogens is 375 g/mol. The van der Waals surface area contributed by atoms with Gasteiger partial charge in [0.25, 0.3) is 0 Å². The average molecular weight is 400 g/mol. The van der Waals surface area contributed by atoms with Crippen LogP contribution >= 0.6 is 0 Å². The number of phenolic OH excluding ortho intramolecular Hbond substituents is 1. The number of phenols is 1. The summed E-state index contributed by atoms with van der Waals surface area (Å²) in [4.78, 5) is 4.54. The Balaban J connectivity index is 1.89. The zero-order valence-electron chi connectivity index (χ0n) is 17.6. The smallest absolute Gasteiger partial charge is 0.147 e. The first-order chi connectivity index (χ1) is 14.3. The Hall–Kier alpha value is -3.40. The van der Waals surface area contributed by atoms with Crippen LogP contribution in [0, 0.1) is 33.5 Å². The SMILES string of the molecule is Cc1cc(C)c(NC(c2ccc(F)cc2)c2ccc3ccc(C)nc3c2O)c(C)c1. The van der Waals surface area contributed by atoms with Crippen molar-refractivity contribution in [2.45, 2.75) is 33.7 Å². The van der Waals surface area contributed by atoms with Crippen molar-refractivity contribution in [3.05, 3.63) is 100.0 Å². The van der Waals surface area contributed by atoms with Crippen LogP contribution in [0.3, 0.4) is 0 Å². The van der Waals surface area contributed by atoms with Gasteiger partial charge in [0.15, 0.2) is 0 Å². The lowest BCUT2D eigenvalue weighted by Gasteiger charge is -2.25. The molecule has 4 rings (SSSR count). The molecule has 0 amide bonds. The molecule has 1 atom stereocenters. The summed E-state index contributed by atoms with van der Waals surface area (Å²) in [6.07, 6.45) is 0. The molecule has 0 aliphatic heterocycles. The molecule has 3 nitrogen and oxygen atoms in total. The molecule has 2 N–H and O–H groups in total. The summed E-state index contributed by atoms with van der Waals surface area (Å²) in [5.41, 5.74) is 7.41. The van der Waals surface area contributed by atoms with Crippen molar-refractivity contribution in [3.8, 4) is 5.75 Å². The van der Waals surface area contributed by atoms with Crippen LogP contribution in [-0.2, 0) is 0 Å². The summed E-state index contributed by atoms with van der Waals surface area (Å²) in [5.74, 6) is -0.152. The van der Waals surface area contributed by atoms with E-state index in [4.69, 9.17) is 0 Å². The van der Waals surface area contributed by atoms with E-state index in [1.54, 1.807) is 12.1 Å². The third-order valence-electron chi connectivity index (χ3n) is 5.49. The molecule has 1 unspecified atom stereocenters. The first-order valence-electron chi connectivity index (χ1n) is 10.0. The van der Waals surface area contributed by atoms with Crippen LogP contribution in [0.2, 0.25) is 0 Å². The molecule has 3 aromatic carbocycles. The fourth-order valence-corrected chi connectivity index (χ4v) is 4.07. The number of fused-ring (bicyclic) bond motifs is 1. The Morgan fingerprint density at radius 2 is 1.50 bits per heavy atom. The highest BCUT2D eigenvalue weighted by molar-refractivity contribution is 5.86. The molecular formula is C26H25FN2O. The van der Waals surface area contributed by atoms with Crippen molar-refractivity contribution in [3.63, 3.8) is 0 Å². The number of rotatable bonds is 4. The summed E-state index contributed by atoms with van der Waals surface area (Å²) in [6, 6.07) is 18.0. The molecule has 4 aromatic rings. The van der Waals surface area contributed by atoms with E-state index in [1.807, 2.05) is 31.2 Å². The molecule has 0 aliphatic rings. The van der Waals surface area contributed by atoms with E-state index in [2.05, 4.69) is 43.2 Å². The van der Waals surface area contributed by atoms with Gasteiger partial charge in [0.05, 0.1) is 6.04 Å². The lowest BCUT2D eigenvalue weighted by molar-refractivity contribution is 0.471. The Bertz CT molecular complexity index is 1210. The van der Waals surface area contributed by atoms with Gasteiger partial charge in [0, 0.05) is 22.3 Å². The highest BCUT2D eigenvalue weighted by Gasteiger charge is 2.21. The van der Waals surface area contributed by atoms with Gasteiger partial charge in [-0.1, -0.05) is 48.0 Å². The summed E-state index contributed by atoms with van der Waals surface area (Å²) in [6.45, 7) is 8.11. The van der Waals surface area contributed by atoms with Gasteiger partial charge >= 0.3 is 0 Å². The topological polar surface area (TPSA) is 45.2 Å². The van der Waals surface area contributed by atoms with Crippen LogP contribution in [-0.4, -0.2) is 10.1 Å². The van der Waals surface area contributed by atoms with Crippen LogP contribution in [0.4, 0.5) is 10.1 Å². The lowest BCUT2D eigenvalue weighted by atomic mass is 9.94. The normalized spacial score (nSPS) is 12.2. The van der Waals surface area contributed by atoms with Gasteiger partial charge in [-0.2, -0.15) is 0 Å². The molecule has 0 radical (unpaired) electrons. The summed E-state index contributed by atoms with van der Waals surface area (Å²) in [5, 5.41) is 15.6. The van der Waals surface area contributed by atoms with E-state index in [0.717, 1.165) is 33.5 Å². The molecule has 0 aliphatic carbocycles. The van der Waals surface area contributed by atoms with Crippen LogP contribution < -0.4 is 5.32 Å². The predicted octanol–water partition coefficient (Wildman–Crippen LogP) is 6.51. The number of nitrogens with one attached hydrogen (secondary N) is 1. The molecule has 0 spiro atoms. The van der Waals surface area contributed by atoms with E-state index in [1.165, 1.54) is 17.7 Å². The maximum absolute atomic E-state index is 13.6. The van der Waals surface area contributed by atoms with E-state index < -0.39 is 0 Å². The molecule has 152 valence electrons. The zero-order valence-corrected chi connectivity index (χ0v) is 17.6. The highest BCUT2D eigenvalue weighted by Crippen LogP contribution is 2.38. The largest absolute Gasteiger partial charge is 0.505 e. The molecule has 0 fully saturated rings. The van der Waals surface area contributed by atoms with Gasteiger partial charge in [-0.05, 0) is 62.6 Å². The monoisotopic (exact) mass is 400 g/mol. The third-order valence-corrected chi connectivity index (χ3v) is 5.49. The zero-order chi connectivity index (χ0) is 21.4. The first kappa shape index (κ1) is 19.9. The summed E-state index contributed by atoms with van der Waals surface area (Å²) < 4.78 is 13.6. The number of aryl methyl sites for hydroxylation is 4. The molecule has 30 heavy (non-hydrogen) atoms. The second kappa shape index (κ2) is 7.79. The quantitative estimate of drug-likeness (QED) is 0.410. The second-order valence-corrected chi connectivity index (χ2v) is 7.93. The van der Waals surface area contributed by atoms with Gasteiger partial charge in [-0.25, -0.2) is 9.37 Å². The van der Waals surface area contributed by atoms with Crippen molar-refractivity contribution < 1.29 is 9.50 Å². The first-order valence-corrected chi connectivity index (χ1v) is 10.0. The van der Waals surface area contributed by atoms with Crippen LogP contribution in [0.15, 0.2) is 60.7 Å². The van der Waals surface area contributed by atoms with Crippen molar-refractivity contribution in [2.75, 3.05) is 5.32 Å². The minimum atomic E-state index is -0.364. The summed E-state index contributed by atoms with van der Waals surface area (Å²) >= 11 is 0. The van der Waals surface area contributed by atoms with Crippen LogP contribution in [0.5, 0.6) is 5.75 Å². The van der Waals surface area contributed by atoms with Crippen molar-refractivity contribution >= 4 is 16.6 Å². The number of hydrogen-bond acceptors (Lipinski definition) is 3. The van der Waals surface area contributed by atoms with Crippen molar-refractivity contribution in [1.29, 1.82) is 0 Å². The van der Waals surface area contributed by atoms with Gasteiger partial charge in [-0.15, -0.1) is 0 Å². The number of halogens is 1. The fourth-order valence-electron chi connectivity index (χ4n) is 4.07. The Morgan fingerprint density at radius 1 is 0.867 bits per heavy atom. The number of nitrogens with zero attached hydrogens (tertiary/aromatic N) is 1. The number of aromatic nitrogens is 1. The number of hydrogen-bond donors (Lipinski definition) is 2. The minimum absolute atomic E-state index is 0.139. The highest BCUT2D eigenvalue weighted by atomic mass is 19.1. The van der Waals surface area contributed by atoms with E-state index in [9.17, 15) is 9.50 Å². The Kier molecular flexibility index (Phi) is 5.17. The van der Waals surface area contributed by atoms with Gasteiger partial charge in [0.1, 0.15) is 17.1 Å².